The third-order valence-corrected chi connectivity index (χ3v) is 6.12. The number of ether oxygens (including phenoxy) is 2. The normalized spacial score (nSPS) is 16.6. The van der Waals surface area contributed by atoms with Gasteiger partial charge in [-0.05, 0) is 48.6 Å². The Morgan fingerprint density at radius 2 is 2.03 bits per heavy atom. The van der Waals surface area contributed by atoms with Crippen LogP contribution in [0.2, 0.25) is 0 Å². The molecule has 152 valence electrons. The zero-order valence-corrected chi connectivity index (χ0v) is 17.7. The smallest absolute Gasteiger partial charge is 0.259 e. The summed E-state index contributed by atoms with van der Waals surface area (Å²) in [6, 6.07) is 16.0. The first-order chi connectivity index (χ1) is 14.1. The molecule has 0 aliphatic carbocycles. The van der Waals surface area contributed by atoms with E-state index in [1.165, 1.54) is 16.9 Å². The standard InChI is InChI=1S/C23H26N2O3S/c1-16(2)17-9-11-18(12-10-17)25(22(26)15-27-14-19-6-5-13-28-19)23-24-20-7-3-4-8-21(20)29-23/h3-4,7-12,16,19H,5-6,13-15H2,1-2H3. The summed E-state index contributed by atoms with van der Waals surface area (Å²) in [4.78, 5) is 19.5. The van der Waals surface area contributed by atoms with E-state index in [-0.39, 0.29) is 18.6 Å². The highest BCUT2D eigenvalue weighted by Crippen LogP contribution is 2.34. The Balaban J connectivity index is 1.58. The first kappa shape index (κ1) is 20.0. The van der Waals surface area contributed by atoms with Gasteiger partial charge in [-0.15, -0.1) is 0 Å². The van der Waals surface area contributed by atoms with E-state index < -0.39 is 0 Å². The van der Waals surface area contributed by atoms with Gasteiger partial charge in [-0.25, -0.2) is 4.98 Å². The Morgan fingerprint density at radius 3 is 2.72 bits per heavy atom. The second kappa shape index (κ2) is 9.03. The fraction of sp³-hybridized carbons (Fsp3) is 0.391. The summed E-state index contributed by atoms with van der Waals surface area (Å²) in [6.45, 7) is 5.55. The average molecular weight is 411 g/mol. The molecule has 0 N–H and O–H groups in total. The summed E-state index contributed by atoms with van der Waals surface area (Å²) >= 11 is 1.51. The molecule has 1 atom stereocenters. The number of benzene rings is 2. The highest BCUT2D eigenvalue weighted by Gasteiger charge is 2.23. The Labute approximate surface area is 175 Å². The number of nitrogens with zero attached hydrogens (tertiary/aromatic N) is 2. The summed E-state index contributed by atoms with van der Waals surface area (Å²) < 4.78 is 12.3. The van der Waals surface area contributed by atoms with Crippen molar-refractivity contribution >= 4 is 38.3 Å². The minimum absolute atomic E-state index is 0.00170. The van der Waals surface area contributed by atoms with Crippen LogP contribution in [0.25, 0.3) is 10.2 Å². The molecule has 4 rings (SSSR count). The number of hydrogen-bond acceptors (Lipinski definition) is 5. The van der Waals surface area contributed by atoms with Crippen LogP contribution in [0, 0.1) is 0 Å². The van der Waals surface area contributed by atoms with E-state index in [0.717, 1.165) is 35.4 Å². The van der Waals surface area contributed by atoms with Crippen molar-refractivity contribution in [2.24, 2.45) is 0 Å². The molecule has 0 spiro atoms. The Hall–Kier alpha value is -2.28. The van der Waals surface area contributed by atoms with Crippen molar-refractivity contribution in [3.05, 3.63) is 54.1 Å². The lowest BCUT2D eigenvalue weighted by atomic mass is 10.0. The second-order valence-electron chi connectivity index (χ2n) is 7.59. The van der Waals surface area contributed by atoms with Crippen LogP contribution >= 0.6 is 11.3 Å². The van der Waals surface area contributed by atoms with Gasteiger partial charge in [0, 0.05) is 6.61 Å². The fourth-order valence-electron chi connectivity index (χ4n) is 3.44. The van der Waals surface area contributed by atoms with Crippen molar-refractivity contribution in [2.45, 2.75) is 38.7 Å². The summed E-state index contributed by atoms with van der Waals surface area (Å²) in [7, 11) is 0. The number of aromatic nitrogens is 1. The predicted molar refractivity (Wildman–Crippen MR) is 117 cm³/mol. The topological polar surface area (TPSA) is 51.7 Å². The molecule has 6 heteroatoms. The number of hydrogen-bond donors (Lipinski definition) is 0. The van der Waals surface area contributed by atoms with Gasteiger partial charge in [-0.3, -0.25) is 9.69 Å². The van der Waals surface area contributed by atoms with Gasteiger partial charge >= 0.3 is 0 Å². The molecule has 3 aromatic rings. The van der Waals surface area contributed by atoms with E-state index >= 15 is 0 Å². The van der Waals surface area contributed by atoms with Crippen molar-refractivity contribution in [3.63, 3.8) is 0 Å². The maximum absolute atomic E-state index is 13.1. The molecule has 0 radical (unpaired) electrons. The molecular weight excluding hydrogens is 384 g/mol. The SMILES string of the molecule is CC(C)c1ccc(N(C(=O)COCC2CCCO2)c2nc3ccccc3s2)cc1. The van der Waals surface area contributed by atoms with Gasteiger partial charge in [0.05, 0.1) is 28.6 Å². The molecule has 1 fully saturated rings. The monoisotopic (exact) mass is 410 g/mol. The maximum Gasteiger partial charge on any atom is 0.259 e. The van der Waals surface area contributed by atoms with Gasteiger partial charge in [0.1, 0.15) is 6.61 Å². The fourth-order valence-corrected chi connectivity index (χ4v) is 4.45. The van der Waals surface area contributed by atoms with Crippen molar-refractivity contribution in [1.82, 2.24) is 4.98 Å². The van der Waals surface area contributed by atoms with E-state index in [4.69, 9.17) is 14.5 Å². The van der Waals surface area contributed by atoms with Crippen molar-refractivity contribution in [1.29, 1.82) is 0 Å². The van der Waals surface area contributed by atoms with Crippen LogP contribution < -0.4 is 4.90 Å². The number of rotatable bonds is 7. The number of thiazole rings is 1. The minimum atomic E-state index is -0.126. The van der Waals surface area contributed by atoms with E-state index in [1.807, 2.05) is 36.4 Å². The summed E-state index contributed by atoms with van der Waals surface area (Å²) in [5.74, 6) is 0.310. The lowest BCUT2D eigenvalue weighted by molar-refractivity contribution is -0.123. The third kappa shape index (κ3) is 4.66. The van der Waals surface area contributed by atoms with E-state index in [9.17, 15) is 4.79 Å². The molecule has 0 bridgehead atoms. The van der Waals surface area contributed by atoms with Gasteiger partial charge in [0.15, 0.2) is 5.13 Å². The Kier molecular flexibility index (Phi) is 6.23. The summed E-state index contributed by atoms with van der Waals surface area (Å²) in [6.07, 6.45) is 2.15. The molecular formula is C23H26N2O3S. The number of amides is 1. The van der Waals surface area contributed by atoms with Gasteiger partial charge in [-0.2, -0.15) is 0 Å². The van der Waals surface area contributed by atoms with Crippen LogP contribution in [0.5, 0.6) is 0 Å². The molecule has 1 aliphatic rings. The Bertz CT molecular complexity index is 929. The average Bonchev–Trinajstić information content (AvgIpc) is 3.38. The predicted octanol–water partition coefficient (Wildman–Crippen LogP) is 5.28. The third-order valence-electron chi connectivity index (χ3n) is 5.09. The Morgan fingerprint density at radius 1 is 1.24 bits per heavy atom. The quantitative estimate of drug-likeness (QED) is 0.532. The molecule has 1 saturated heterocycles. The molecule has 1 aromatic heterocycles. The van der Waals surface area contributed by atoms with Crippen molar-refractivity contribution < 1.29 is 14.3 Å². The zero-order chi connectivity index (χ0) is 20.2. The van der Waals surface area contributed by atoms with Crippen LogP contribution in [-0.4, -0.2) is 36.8 Å². The van der Waals surface area contributed by atoms with E-state index in [1.54, 1.807) is 4.90 Å². The van der Waals surface area contributed by atoms with Gasteiger partial charge in [0.2, 0.25) is 0 Å². The van der Waals surface area contributed by atoms with Crippen LogP contribution in [0.15, 0.2) is 48.5 Å². The molecule has 2 aromatic carbocycles. The van der Waals surface area contributed by atoms with Crippen molar-refractivity contribution in [2.75, 3.05) is 24.7 Å². The van der Waals surface area contributed by atoms with Gasteiger partial charge in [-0.1, -0.05) is 49.4 Å². The summed E-state index contributed by atoms with van der Waals surface area (Å²) in [5, 5.41) is 0.661. The van der Waals surface area contributed by atoms with Crippen molar-refractivity contribution in [3.8, 4) is 0 Å². The molecule has 29 heavy (non-hydrogen) atoms. The molecule has 0 saturated carbocycles. The number of carbonyl (C=O) groups is 1. The second-order valence-corrected chi connectivity index (χ2v) is 8.60. The lowest BCUT2D eigenvalue weighted by Crippen LogP contribution is -2.31. The molecule has 1 aliphatic heterocycles. The first-order valence-electron chi connectivity index (χ1n) is 10.1. The number of anilines is 2. The first-order valence-corrected chi connectivity index (χ1v) is 10.9. The largest absolute Gasteiger partial charge is 0.376 e. The zero-order valence-electron chi connectivity index (χ0n) is 16.8. The van der Waals surface area contributed by atoms with Crippen LogP contribution in [-0.2, 0) is 14.3 Å². The number of carbonyl (C=O) groups excluding carboxylic acids is 1. The highest BCUT2D eigenvalue weighted by molar-refractivity contribution is 7.22. The van der Waals surface area contributed by atoms with E-state index in [0.29, 0.717) is 17.7 Å². The lowest BCUT2D eigenvalue weighted by Gasteiger charge is -2.21. The van der Waals surface area contributed by atoms with E-state index in [2.05, 4.69) is 26.0 Å². The van der Waals surface area contributed by atoms with Crippen LogP contribution in [0.1, 0.15) is 38.2 Å². The highest BCUT2D eigenvalue weighted by atomic mass is 32.1. The van der Waals surface area contributed by atoms with Crippen LogP contribution in [0.4, 0.5) is 10.8 Å². The molecule has 2 heterocycles. The van der Waals surface area contributed by atoms with Crippen LogP contribution in [0.3, 0.4) is 0 Å². The van der Waals surface area contributed by atoms with Gasteiger partial charge < -0.3 is 9.47 Å². The maximum atomic E-state index is 13.1. The molecule has 1 unspecified atom stereocenters. The molecule has 5 nitrogen and oxygen atoms in total. The minimum Gasteiger partial charge on any atom is -0.376 e. The number of fused-ring (bicyclic) bond motifs is 1. The summed E-state index contributed by atoms with van der Waals surface area (Å²) in [5.41, 5.74) is 2.93. The molecule has 1 amide bonds. The number of para-hydroxylation sites is 1. The van der Waals surface area contributed by atoms with Gasteiger partial charge in [0.25, 0.3) is 5.91 Å².